The summed E-state index contributed by atoms with van der Waals surface area (Å²) in [5.74, 6) is 1.47. The van der Waals surface area contributed by atoms with Crippen LogP contribution in [0.15, 0.2) is 73.1 Å². The van der Waals surface area contributed by atoms with Crippen molar-refractivity contribution in [1.82, 2.24) is 19.6 Å². The molecule has 3 aromatic carbocycles. The van der Waals surface area contributed by atoms with Crippen molar-refractivity contribution in [2.45, 2.75) is 13.0 Å². The number of ether oxygens (including phenoxy) is 1. The zero-order chi connectivity index (χ0) is 17.5. The molecule has 0 bridgehead atoms. The fourth-order valence-corrected chi connectivity index (χ4v) is 3.21. The Morgan fingerprint density at radius 1 is 0.885 bits per heavy atom. The van der Waals surface area contributed by atoms with Crippen LogP contribution in [0.3, 0.4) is 0 Å². The summed E-state index contributed by atoms with van der Waals surface area (Å²) in [4.78, 5) is 9.13. The number of aromatic nitrogens is 4. The maximum absolute atomic E-state index is 6.20. The Morgan fingerprint density at radius 2 is 1.65 bits per heavy atom. The molecule has 5 heteroatoms. The lowest BCUT2D eigenvalue weighted by Gasteiger charge is -2.13. The number of para-hydroxylation sites is 1. The van der Waals surface area contributed by atoms with E-state index in [9.17, 15) is 0 Å². The van der Waals surface area contributed by atoms with Crippen LogP contribution < -0.4 is 4.74 Å². The second kappa shape index (κ2) is 5.81. The zero-order valence-electron chi connectivity index (χ0n) is 14.2. The van der Waals surface area contributed by atoms with Crippen LogP contribution in [0.1, 0.15) is 18.9 Å². The molecule has 0 aliphatic carbocycles. The Kier molecular flexibility index (Phi) is 3.31. The first-order valence-corrected chi connectivity index (χ1v) is 8.54. The van der Waals surface area contributed by atoms with Crippen LogP contribution in [0, 0.1) is 0 Å². The van der Waals surface area contributed by atoms with Gasteiger partial charge in [-0.1, -0.05) is 48.5 Å². The lowest BCUT2D eigenvalue weighted by molar-refractivity contribution is 0.219. The fraction of sp³-hybridized carbons (Fsp3) is 0.0952. The second-order valence-corrected chi connectivity index (χ2v) is 6.24. The van der Waals surface area contributed by atoms with Crippen LogP contribution in [0.5, 0.6) is 5.75 Å². The fourth-order valence-electron chi connectivity index (χ4n) is 3.21. The van der Waals surface area contributed by atoms with Crippen molar-refractivity contribution in [1.29, 1.82) is 0 Å². The standard InChI is InChI=1S/C21H16N4O/c1-14(26-19-12-6-8-15-7-2-3-9-16(15)19)20-23-21-17-10-4-5-11-18(17)22-13-25(21)24-20/h2-14H,1H3/t14-/m1/s1. The van der Waals surface area contributed by atoms with Gasteiger partial charge in [-0.3, -0.25) is 0 Å². The van der Waals surface area contributed by atoms with Gasteiger partial charge in [0.05, 0.1) is 5.52 Å². The molecule has 0 fully saturated rings. The average Bonchev–Trinajstić information content (AvgIpc) is 3.13. The number of hydrogen-bond donors (Lipinski definition) is 0. The SMILES string of the molecule is C[C@@H](Oc1cccc2ccccc12)c1nc2c3ccccc3ncn2n1. The number of nitrogens with zero attached hydrogens (tertiary/aromatic N) is 4. The smallest absolute Gasteiger partial charge is 0.192 e. The van der Waals surface area contributed by atoms with Gasteiger partial charge < -0.3 is 4.74 Å². The van der Waals surface area contributed by atoms with Gasteiger partial charge in [-0.2, -0.15) is 0 Å². The van der Waals surface area contributed by atoms with Crippen LogP contribution in [-0.4, -0.2) is 19.6 Å². The van der Waals surface area contributed by atoms with Crippen LogP contribution >= 0.6 is 0 Å². The van der Waals surface area contributed by atoms with E-state index in [-0.39, 0.29) is 6.10 Å². The first kappa shape index (κ1) is 14.8. The molecular weight excluding hydrogens is 324 g/mol. The average molecular weight is 340 g/mol. The first-order valence-electron chi connectivity index (χ1n) is 8.54. The van der Waals surface area contributed by atoms with Crippen molar-refractivity contribution in [2.24, 2.45) is 0 Å². The molecule has 0 N–H and O–H groups in total. The van der Waals surface area contributed by atoms with E-state index < -0.39 is 0 Å². The summed E-state index contributed by atoms with van der Waals surface area (Å²) in [5.41, 5.74) is 1.69. The monoisotopic (exact) mass is 340 g/mol. The van der Waals surface area contributed by atoms with Gasteiger partial charge in [0, 0.05) is 10.8 Å². The van der Waals surface area contributed by atoms with Gasteiger partial charge in [-0.05, 0) is 30.5 Å². The van der Waals surface area contributed by atoms with Gasteiger partial charge >= 0.3 is 0 Å². The minimum absolute atomic E-state index is 0.278. The predicted molar refractivity (Wildman–Crippen MR) is 101 cm³/mol. The van der Waals surface area contributed by atoms with Gasteiger partial charge in [-0.15, -0.1) is 5.10 Å². The Morgan fingerprint density at radius 3 is 2.58 bits per heavy atom. The van der Waals surface area contributed by atoms with Crippen molar-refractivity contribution in [3.8, 4) is 5.75 Å². The molecule has 1 atom stereocenters. The molecule has 5 nitrogen and oxygen atoms in total. The third kappa shape index (κ3) is 2.37. The first-order chi connectivity index (χ1) is 12.8. The molecule has 0 amide bonds. The lowest BCUT2D eigenvalue weighted by Crippen LogP contribution is -2.05. The normalized spacial score (nSPS) is 12.7. The Hall–Kier alpha value is -3.47. The number of rotatable bonds is 3. The van der Waals surface area contributed by atoms with Crippen molar-refractivity contribution < 1.29 is 4.74 Å². The van der Waals surface area contributed by atoms with E-state index in [1.54, 1.807) is 10.8 Å². The maximum atomic E-state index is 6.20. The van der Waals surface area contributed by atoms with E-state index in [0.29, 0.717) is 5.82 Å². The third-order valence-corrected chi connectivity index (χ3v) is 4.52. The summed E-state index contributed by atoms with van der Waals surface area (Å²) >= 11 is 0. The summed E-state index contributed by atoms with van der Waals surface area (Å²) in [5, 5.41) is 7.76. The third-order valence-electron chi connectivity index (χ3n) is 4.52. The Bertz CT molecular complexity index is 1240. The van der Waals surface area contributed by atoms with Gasteiger partial charge in [0.2, 0.25) is 0 Å². The molecule has 5 aromatic rings. The summed E-state index contributed by atoms with van der Waals surface area (Å²) in [6, 6.07) is 22.2. The molecule has 0 radical (unpaired) electrons. The molecule has 5 rings (SSSR count). The number of hydrogen-bond acceptors (Lipinski definition) is 4. The van der Waals surface area contributed by atoms with E-state index in [1.165, 1.54) is 0 Å². The van der Waals surface area contributed by atoms with E-state index in [1.807, 2.05) is 55.5 Å². The predicted octanol–water partition coefficient (Wildman–Crippen LogP) is 4.57. The molecule has 26 heavy (non-hydrogen) atoms. The zero-order valence-corrected chi connectivity index (χ0v) is 14.2. The summed E-state index contributed by atoms with van der Waals surface area (Å²) in [7, 11) is 0. The highest BCUT2D eigenvalue weighted by atomic mass is 16.5. The summed E-state index contributed by atoms with van der Waals surface area (Å²) in [6.45, 7) is 1.96. The molecule has 2 aromatic heterocycles. The Balaban J connectivity index is 1.56. The molecule has 0 aliphatic rings. The summed E-state index contributed by atoms with van der Waals surface area (Å²) in [6.07, 6.45) is 1.41. The van der Waals surface area contributed by atoms with Crippen LogP contribution in [0.4, 0.5) is 0 Å². The number of benzene rings is 3. The quantitative estimate of drug-likeness (QED) is 0.483. The van der Waals surface area contributed by atoms with Crippen LogP contribution in [0.25, 0.3) is 27.3 Å². The van der Waals surface area contributed by atoms with Crippen molar-refractivity contribution in [3.63, 3.8) is 0 Å². The number of fused-ring (bicyclic) bond motifs is 4. The highest BCUT2D eigenvalue weighted by molar-refractivity contribution is 5.90. The molecule has 2 heterocycles. The molecule has 0 saturated carbocycles. The lowest BCUT2D eigenvalue weighted by atomic mass is 10.1. The van der Waals surface area contributed by atoms with Crippen molar-refractivity contribution in [2.75, 3.05) is 0 Å². The molecule has 0 spiro atoms. The largest absolute Gasteiger partial charge is 0.482 e. The molecule has 126 valence electrons. The van der Waals surface area contributed by atoms with Gasteiger partial charge in [-0.25, -0.2) is 14.5 Å². The van der Waals surface area contributed by atoms with E-state index in [0.717, 1.165) is 33.1 Å². The van der Waals surface area contributed by atoms with Gasteiger partial charge in [0.25, 0.3) is 0 Å². The van der Waals surface area contributed by atoms with Crippen LogP contribution in [-0.2, 0) is 0 Å². The van der Waals surface area contributed by atoms with E-state index in [2.05, 4.69) is 28.3 Å². The van der Waals surface area contributed by atoms with Crippen LogP contribution in [0.2, 0.25) is 0 Å². The van der Waals surface area contributed by atoms with Gasteiger partial charge in [0.15, 0.2) is 17.6 Å². The topological polar surface area (TPSA) is 52.3 Å². The molecule has 0 aliphatic heterocycles. The maximum Gasteiger partial charge on any atom is 0.192 e. The highest BCUT2D eigenvalue weighted by Gasteiger charge is 2.16. The van der Waals surface area contributed by atoms with Gasteiger partial charge in [0.1, 0.15) is 12.1 Å². The van der Waals surface area contributed by atoms with Crippen molar-refractivity contribution >= 4 is 27.3 Å². The highest BCUT2D eigenvalue weighted by Crippen LogP contribution is 2.29. The van der Waals surface area contributed by atoms with E-state index in [4.69, 9.17) is 9.72 Å². The summed E-state index contributed by atoms with van der Waals surface area (Å²) < 4.78 is 7.91. The molecule has 0 saturated heterocycles. The molecule has 0 unspecified atom stereocenters. The van der Waals surface area contributed by atoms with E-state index >= 15 is 0 Å². The second-order valence-electron chi connectivity index (χ2n) is 6.24. The minimum Gasteiger partial charge on any atom is -0.482 e. The Labute approximate surface area is 149 Å². The minimum atomic E-state index is -0.278. The van der Waals surface area contributed by atoms with Crippen molar-refractivity contribution in [3.05, 3.63) is 78.9 Å². The molecular formula is C21H16N4O.